The van der Waals surface area contributed by atoms with E-state index in [1.54, 1.807) is 36.4 Å². The minimum atomic E-state index is -3.62. The Morgan fingerprint density at radius 3 is 2.17 bits per heavy atom. The number of nitrogens with one attached hydrogen (secondary N) is 2. The fraction of sp³-hybridized carbons (Fsp3) is 0.250. The molecule has 1 heterocycles. The molecule has 0 bridgehead atoms. The van der Waals surface area contributed by atoms with Gasteiger partial charge in [-0.1, -0.05) is 12.1 Å². The lowest BCUT2D eigenvalue weighted by Gasteiger charge is -2.29. The topological polar surface area (TPSA) is 85.9 Å². The van der Waals surface area contributed by atoms with Gasteiger partial charge in [0, 0.05) is 0 Å². The lowest BCUT2D eigenvalue weighted by atomic mass is 10.1. The Morgan fingerprint density at radius 2 is 1.58 bits per heavy atom. The molecule has 7 nitrogen and oxygen atoms in total. The predicted molar refractivity (Wildman–Crippen MR) is 89.2 cm³/mol. The molecule has 0 radical (unpaired) electrons. The van der Waals surface area contributed by atoms with Gasteiger partial charge in [0.15, 0.2) is 11.5 Å². The molecular formula is C16H18N2O5S. The van der Waals surface area contributed by atoms with Crippen molar-refractivity contribution in [1.82, 2.24) is 4.72 Å². The van der Waals surface area contributed by atoms with Crippen molar-refractivity contribution in [2.75, 3.05) is 26.6 Å². The van der Waals surface area contributed by atoms with Crippen LogP contribution in [-0.2, 0) is 10.0 Å². The number of ether oxygens (including phenoxy) is 3. The van der Waals surface area contributed by atoms with E-state index in [9.17, 15) is 8.42 Å². The number of hydrogen-bond donors (Lipinski definition) is 2. The van der Waals surface area contributed by atoms with Gasteiger partial charge in [-0.25, -0.2) is 8.42 Å². The van der Waals surface area contributed by atoms with Gasteiger partial charge in [0.1, 0.15) is 11.1 Å². The number of hydrogen-bond acceptors (Lipinski definition) is 6. The Morgan fingerprint density at radius 1 is 0.958 bits per heavy atom. The van der Waals surface area contributed by atoms with Crippen molar-refractivity contribution in [3.63, 3.8) is 0 Å². The minimum Gasteiger partial charge on any atom is -0.493 e. The fourth-order valence-corrected chi connectivity index (χ4v) is 3.95. The Kier molecular flexibility index (Phi) is 4.25. The van der Waals surface area contributed by atoms with E-state index in [1.165, 1.54) is 21.3 Å². The van der Waals surface area contributed by atoms with Gasteiger partial charge in [-0.2, -0.15) is 4.72 Å². The molecule has 2 N–H and O–H groups in total. The molecule has 128 valence electrons. The van der Waals surface area contributed by atoms with Crippen LogP contribution in [0.5, 0.6) is 17.2 Å². The molecule has 24 heavy (non-hydrogen) atoms. The average molecular weight is 350 g/mol. The van der Waals surface area contributed by atoms with Crippen LogP contribution in [0.1, 0.15) is 11.7 Å². The molecule has 1 aliphatic heterocycles. The van der Waals surface area contributed by atoms with Crippen LogP contribution >= 0.6 is 0 Å². The SMILES string of the molecule is COc1cc([C@@H]2Nc3ccccc3S(=O)(=O)N2)cc(OC)c1OC. The summed E-state index contributed by atoms with van der Waals surface area (Å²) in [7, 11) is 0.910. The van der Waals surface area contributed by atoms with Crippen LogP contribution < -0.4 is 24.2 Å². The summed E-state index contributed by atoms with van der Waals surface area (Å²) >= 11 is 0. The quantitative estimate of drug-likeness (QED) is 0.878. The summed E-state index contributed by atoms with van der Waals surface area (Å²) in [6.45, 7) is 0. The van der Waals surface area contributed by atoms with Gasteiger partial charge in [0.05, 0.1) is 27.0 Å². The highest BCUT2D eigenvalue weighted by atomic mass is 32.2. The summed E-state index contributed by atoms with van der Waals surface area (Å²) in [6.07, 6.45) is -0.654. The Labute approximate surface area is 140 Å². The third kappa shape index (κ3) is 2.74. The van der Waals surface area contributed by atoms with Gasteiger partial charge < -0.3 is 19.5 Å². The van der Waals surface area contributed by atoms with Crippen molar-refractivity contribution in [2.45, 2.75) is 11.1 Å². The number of methoxy groups -OCH3 is 3. The maximum atomic E-state index is 12.5. The normalized spacial score (nSPS) is 18.2. The van der Waals surface area contributed by atoms with E-state index < -0.39 is 16.2 Å². The van der Waals surface area contributed by atoms with E-state index >= 15 is 0 Å². The van der Waals surface area contributed by atoms with E-state index in [0.29, 0.717) is 28.5 Å². The zero-order chi connectivity index (χ0) is 17.3. The van der Waals surface area contributed by atoms with E-state index in [-0.39, 0.29) is 4.90 Å². The van der Waals surface area contributed by atoms with Gasteiger partial charge in [0.25, 0.3) is 0 Å². The molecular weight excluding hydrogens is 332 g/mol. The molecule has 0 fully saturated rings. The Balaban J connectivity index is 2.08. The van der Waals surface area contributed by atoms with E-state index in [1.807, 2.05) is 0 Å². The van der Waals surface area contributed by atoms with Crippen LogP contribution in [0.25, 0.3) is 0 Å². The summed E-state index contributed by atoms with van der Waals surface area (Å²) in [5.74, 6) is 1.35. The highest BCUT2D eigenvalue weighted by molar-refractivity contribution is 7.89. The van der Waals surface area contributed by atoms with Crippen molar-refractivity contribution in [1.29, 1.82) is 0 Å². The minimum absolute atomic E-state index is 0.216. The molecule has 3 rings (SSSR count). The summed E-state index contributed by atoms with van der Waals surface area (Å²) in [6, 6.07) is 10.1. The van der Waals surface area contributed by atoms with Gasteiger partial charge >= 0.3 is 0 Å². The van der Waals surface area contributed by atoms with Crippen molar-refractivity contribution in [3.05, 3.63) is 42.0 Å². The van der Waals surface area contributed by atoms with Crippen molar-refractivity contribution < 1.29 is 22.6 Å². The zero-order valence-electron chi connectivity index (χ0n) is 13.5. The number of anilines is 1. The average Bonchev–Trinajstić information content (AvgIpc) is 2.59. The second-order valence-corrected chi connectivity index (χ2v) is 6.84. The van der Waals surface area contributed by atoms with E-state index in [0.717, 1.165) is 0 Å². The van der Waals surface area contributed by atoms with Crippen LogP contribution in [0.2, 0.25) is 0 Å². The largest absolute Gasteiger partial charge is 0.493 e. The molecule has 2 aromatic rings. The van der Waals surface area contributed by atoms with Crippen LogP contribution in [0.15, 0.2) is 41.3 Å². The maximum Gasteiger partial charge on any atom is 0.244 e. The lowest BCUT2D eigenvalue weighted by Crippen LogP contribution is -2.38. The van der Waals surface area contributed by atoms with Gasteiger partial charge in [-0.3, -0.25) is 0 Å². The van der Waals surface area contributed by atoms with Crippen LogP contribution in [-0.4, -0.2) is 29.7 Å². The molecule has 0 spiro atoms. The first-order valence-corrected chi connectivity index (χ1v) is 8.66. The third-order valence-electron chi connectivity index (χ3n) is 3.77. The molecule has 0 saturated carbocycles. The third-order valence-corrected chi connectivity index (χ3v) is 5.25. The Hall–Kier alpha value is -2.45. The number of para-hydroxylation sites is 1. The smallest absolute Gasteiger partial charge is 0.244 e. The monoisotopic (exact) mass is 350 g/mol. The fourth-order valence-electron chi connectivity index (χ4n) is 2.64. The predicted octanol–water partition coefficient (Wildman–Crippen LogP) is 2.12. The van der Waals surface area contributed by atoms with Crippen molar-refractivity contribution >= 4 is 15.7 Å². The number of benzene rings is 2. The number of rotatable bonds is 4. The first-order valence-electron chi connectivity index (χ1n) is 7.18. The van der Waals surface area contributed by atoms with E-state index in [4.69, 9.17) is 14.2 Å². The summed E-state index contributed by atoms with van der Waals surface area (Å²) in [4.78, 5) is 0.216. The lowest BCUT2D eigenvalue weighted by molar-refractivity contribution is 0.323. The highest BCUT2D eigenvalue weighted by Gasteiger charge is 2.30. The van der Waals surface area contributed by atoms with Crippen LogP contribution in [0.4, 0.5) is 5.69 Å². The molecule has 0 saturated heterocycles. The molecule has 0 amide bonds. The molecule has 0 aliphatic carbocycles. The summed E-state index contributed by atoms with van der Waals surface area (Å²) in [5.41, 5.74) is 1.18. The maximum absolute atomic E-state index is 12.5. The van der Waals surface area contributed by atoms with Crippen LogP contribution in [0.3, 0.4) is 0 Å². The first kappa shape index (κ1) is 16.4. The molecule has 0 aromatic heterocycles. The molecule has 1 atom stereocenters. The van der Waals surface area contributed by atoms with Crippen molar-refractivity contribution in [3.8, 4) is 17.2 Å². The molecule has 0 unspecified atom stereocenters. The second kappa shape index (κ2) is 6.21. The summed E-state index contributed by atoms with van der Waals surface area (Å²) in [5, 5.41) is 3.17. The Bertz CT molecular complexity index is 842. The van der Waals surface area contributed by atoms with Crippen LogP contribution in [0, 0.1) is 0 Å². The number of fused-ring (bicyclic) bond motifs is 1. The highest BCUT2D eigenvalue weighted by Crippen LogP contribution is 2.41. The van der Waals surface area contributed by atoms with Gasteiger partial charge in [0.2, 0.25) is 15.8 Å². The molecule has 2 aromatic carbocycles. The summed E-state index contributed by atoms with van der Waals surface area (Å²) < 4.78 is 43.4. The van der Waals surface area contributed by atoms with E-state index in [2.05, 4.69) is 10.0 Å². The zero-order valence-corrected chi connectivity index (χ0v) is 14.3. The number of sulfonamides is 1. The molecule has 1 aliphatic rings. The first-order chi connectivity index (χ1) is 11.5. The molecule has 8 heteroatoms. The van der Waals surface area contributed by atoms with Crippen molar-refractivity contribution in [2.24, 2.45) is 0 Å². The van der Waals surface area contributed by atoms with Gasteiger partial charge in [-0.05, 0) is 29.8 Å². The standard InChI is InChI=1S/C16H18N2O5S/c1-21-12-8-10(9-13(22-2)15(12)23-3)16-17-11-6-4-5-7-14(11)24(19,20)18-16/h4-9,16-18H,1-3H3/t16-/m1/s1. The second-order valence-electron chi connectivity index (χ2n) is 5.15. The van der Waals surface area contributed by atoms with Gasteiger partial charge in [-0.15, -0.1) is 0 Å².